The van der Waals surface area contributed by atoms with Crippen molar-refractivity contribution in [1.82, 2.24) is 29.5 Å². The molecule has 1 amide bonds. The van der Waals surface area contributed by atoms with Crippen molar-refractivity contribution in [2.45, 2.75) is 19.9 Å². The van der Waals surface area contributed by atoms with E-state index in [1.165, 1.54) is 17.7 Å². The Labute approximate surface area is 195 Å². The van der Waals surface area contributed by atoms with Crippen LogP contribution in [0.2, 0.25) is 0 Å². The number of carbonyl (C=O) groups is 1. The average molecular weight is 464 g/mol. The molecule has 1 saturated heterocycles. The van der Waals surface area contributed by atoms with Gasteiger partial charge < -0.3 is 16.0 Å². The van der Waals surface area contributed by atoms with Gasteiger partial charge in [0.1, 0.15) is 12.1 Å². The van der Waals surface area contributed by atoms with Gasteiger partial charge >= 0.3 is 0 Å². The van der Waals surface area contributed by atoms with Crippen molar-refractivity contribution >= 4 is 40.2 Å². The van der Waals surface area contributed by atoms with Gasteiger partial charge in [-0.15, -0.1) is 11.3 Å². The second-order valence-corrected chi connectivity index (χ2v) is 9.11. The molecule has 10 nitrogen and oxygen atoms in total. The Balaban J connectivity index is 1.33. The number of primary amides is 1. The first-order valence-electron chi connectivity index (χ1n) is 10.8. The fraction of sp³-hybridized carbons (Fsp3) is 0.318. The van der Waals surface area contributed by atoms with Crippen molar-refractivity contribution in [3.05, 3.63) is 47.2 Å². The van der Waals surface area contributed by atoms with Crippen molar-refractivity contribution in [3.8, 4) is 11.3 Å². The number of fused-ring (bicyclic) bond motifs is 1. The molecular formula is C22H25N9OS. The smallest absolute Gasteiger partial charge is 0.258 e. The topological polar surface area (TPSA) is 118 Å². The van der Waals surface area contributed by atoms with Crippen molar-refractivity contribution in [3.63, 3.8) is 0 Å². The van der Waals surface area contributed by atoms with Gasteiger partial charge in [0.25, 0.3) is 5.91 Å². The number of piperazine rings is 1. The van der Waals surface area contributed by atoms with Crippen LogP contribution in [0.4, 0.5) is 17.3 Å². The molecule has 0 aliphatic carbocycles. The number of nitrogens with zero attached hydrogens (tertiary/aromatic N) is 7. The summed E-state index contributed by atoms with van der Waals surface area (Å²) in [6.07, 6.45) is 4.99. The van der Waals surface area contributed by atoms with Gasteiger partial charge in [0.15, 0.2) is 11.5 Å². The number of thiophene rings is 1. The van der Waals surface area contributed by atoms with E-state index >= 15 is 0 Å². The SMILES string of the molecule is CC(C)N1CCN(c2ccc(Nc3ncc(-c4csc(C(N)=O)c4)n4ncnc34)cn2)CC1. The van der Waals surface area contributed by atoms with Crippen molar-refractivity contribution in [1.29, 1.82) is 0 Å². The minimum absolute atomic E-state index is 0.454. The molecule has 5 rings (SSSR count). The number of anilines is 3. The Hall–Kier alpha value is -3.57. The number of hydrogen-bond acceptors (Lipinski definition) is 9. The van der Waals surface area contributed by atoms with E-state index in [9.17, 15) is 4.79 Å². The number of pyridine rings is 1. The van der Waals surface area contributed by atoms with Crippen LogP contribution in [-0.4, -0.2) is 67.6 Å². The summed E-state index contributed by atoms with van der Waals surface area (Å²) in [7, 11) is 0. The lowest BCUT2D eigenvalue weighted by Gasteiger charge is -2.37. The van der Waals surface area contributed by atoms with Crippen LogP contribution in [0.5, 0.6) is 0 Å². The van der Waals surface area contributed by atoms with Crippen LogP contribution in [0.25, 0.3) is 16.9 Å². The lowest BCUT2D eigenvalue weighted by Crippen LogP contribution is -2.49. The van der Waals surface area contributed by atoms with E-state index in [4.69, 9.17) is 5.73 Å². The molecule has 1 fully saturated rings. The average Bonchev–Trinajstić information content (AvgIpc) is 3.51. The van der Waals surface area contributed by atoms with E-state index < -0.39 is 5.91 Å². The van der Waals surface area contributed by atoms with Crippen molar-refractivity contribution in [2.24, 2.45) is 5.73 Å². The first-order chi connectivity index (χ1) is 16.0. The number of nitrogens with one attached hydrogen (secondary N) is 1. The maximum atomic E-state index is 11.4. The molecule has 1 aliphatic rings. The van der Waals surface area contributed by atoms with Crippen LogP contribution in [0, 0.1) is 0 Å². The van der Waals surface area contributed by atoms with Crippen LogP contribution in [-0.2, 0) is 0 Å². The molecule has 0 radical (unpaired) electrons. The second kappa shape index (κ2) is 8.75. The minimum atomic E-state index is -0.454. The minimum Gasteiger partial charge on any atom is -0.365 e. The van der Waals surface area contributed by atoms with Crippen molar-refractivity contribution < 1.29 is 4.79 Å². The van der Waals surface area contributed by atoms with Gasteiger partial charge in [0, 0.05) is 43.2 Å². The Morgan fingerprint density at radius 3 is 2.61 bits per heavy atom. The third-order valence-corrected chi connectivity index (χ3v) is 6.77. The van der Waals surface area contributed by atoms with Gasteiger partial charge in [-0.1, -0.05) is 0 Å². The summed E-state index contributed by atoms with van der Waals surface area (Å²) in [6.45, 7) is 8.51. The third-order valence-electron chi connectivity index (χ3n) is 5.82. The molecule has 0 aromatic carbocycles. The summed E-state index contributed by atoms with van der Waals surface area (Å²) in [4.78, 5) is 30.3. The van der Waals surface area contributed by atoms with E-state index in [1.807, 2.05) is 23.7 Å². The van der Waals surface area contributed by atoms with E-state index in [1.54, 1.807) is 16.8 Å². The number of rotatable bonds is 6. The zero-order valence-corrected chi connectivity index (χ0v) is 19.3. The number of nitrogens with two attached hydrogens (primary N) is 1. The fourth-order valence-electron chi connectivity index (χ4n) is 3.95. The molecule has 1 aliphatic heterocycles. The molecule has 0 bridgehead atoms. The Bertz CT molecular complexity index is 1270. The molecule has 5 heterocycles. The molecule has 0 unspecified atom stereocenters. The third kappa shape index (κ3) is 4.24. The zero-order valence-electron chi connectivity index (χ0n) is 18.5. The molecule has 170 valence electrons. The van der Waals surface area contributed by atoms with E-state index in [0.29, 0.717) is 22.4 Å². The second-order valence-electron chi connectivity index (χ2n) is 8.20. The summed E-state index contributed by atoms with van der Waals surface area (Å²) in [5, 5.41) is 9.48. The van der Waals surface area contributed by atoms with Crippen LogP contribution < -0.4 is 16.0 Å². The standard InChI is InChI=1S/C22H25N9OS/c1-14(2)29-5-7-30(8-6-29)19-4-3-16(10-24-19)28-21-22-26-13-27-31(22)17(11-25-21)15-9-18(20(23)32)33-12-15/h3-4,9-14H,5-8H2,1-2H3,(H2,23,32)(H,25,28). The molecule has 0 saturated carbocycles. The largest absolute Gasteiger partial charge is 0.365 e. The van der Waals surface area contributed by atoms with Gasteiger partial charge in [-0.05, 0) is 32.0 Å². The predicted octanol–water partition coefficient (Wildman–Crippen LogP) is 2.62. The lowest BCUT2D eigenvalue weighted by atomic mass is 10.2. The zero-order chi connectivity index (χ0) is 22.9. The lowest BCUT2D eigenvalue weighted by molar-refractivity contribution is 0.100. The Morgan fingerprint density at radius 2 is 1.94 bits per heavy atom. The van der Waals surface area contributed by atoms with Crippen molar-refractivity contribution in [2.75, 3.05) is 36.4 Å². The summed E-state index contributed by atoms with van der Waals surface area (Å²) >= 11 is 1.29. The molecule has 4 aromatic heterocycles. The van der Waals surface area contributed by atoms with Crippen LogP contribution >= 0.6 is 11.3 Å². The highest BCUT2D eigenvalue weighted by Gasteiger charge is 2.20. The molecule has 4 aromatic rings. The van der Waals surface area contributed by atoms with Crippen LogP contribution in [0.3, 0.4) is 0 Å². The van der Waals surface area contributed by atoms with Crippen LogP contribution in [0.15, 0.2) is 42.3 Å². The highest BCUT2D eigenvalue weighted by molar-refractivity contribution is 7.12. The predicted molar refractivity (Wildman–Crippen MR) is 129 cm³/mol. The summed E-state index contributed by atoms with van der Waals surface area (Å²) in [5.74, 6) is 1.09. The maximum absolute atomic E-state index is 11.4. The number of hydrogen-bond donors (Lipinski definition) is 2. The molecule has 33 heavy (non-hydrogen) atoms. The Kier molecular flexibility index (Phi) is 5.65. The quantitative estimate of drug-likeness (QED) is 0.448. The van der Waals surface area contributed by atoms with E-state index in [-0.39, 0.29) is 0 Å². The van der Waals surface area contributed by atoms with Gasteiger partial charge in [-0.2, -0.15) is 5.10 Å². The first-order valence-corrected chi connectivity index (χ1v) is 11.7. The fourth-order valence-corrected chi connectivity index (χ4v) is 4.71. The number of amides is 1. The summed E-state index contributed by atoms with van der Waals surface area (Å²) in [5.41, 5.74) is 8.32. The van der Waals surface area contributed by atoms with Crippen LogP contribution in [0.1, 0.15) is 23.5 Å². The first kappa shape index (κ1) is 21.3. The van der Waals surface area contributed by atoms with Gasteiger partial charge in [0.05, 0.1) is 28.7 Å². The molecule has 3 N–H and O–H groups in total. The van der Waals surface area contributed by atoms with E-state index in [0.717, 1.165) is 48.9 Å². The van der Waals surface area contributed by atoms with E-state index in [2.05, 4.69) is 49.0 Å². The summed E-state index contributed by atoms with van der Waals surface area (Å²) < 4.78 is 1.69. The van der Waals surface area contributed by atoms with Gasteiger partial charge in [0.2, 0.25) is 0 Å². The van der Waals surface area contributed by atoms with Gasteiger partial charge in [-0.3, -0.25) is 9.69 Å². The highest BCUT2D eigenvalue weighted by Crippen LogP contribution is 2.28. The van der Waals surface area contributed by atoms with Gasteiger partial charge in [-0.25, -0.2) is 19.5 Å². The normalized spacial score (nSPS) is 14.8. The Morgan fingerprint density at radius 1 is 1.12 bits per heavy atom. The summed E-state index contributed by atoms with van der Waals surface area (Å²) in [6, 6.07) is 6.34. The molecule has 11 heteroatoms. The monoisotopic (exact) mass is 463 g/mol. The number of aromatic nitrogens is 5. The molecule has 0 atom stereocenters. The highest BCUT2D eigenvalue weighted by atomic mass is 32.1. The molecular weight excluding hydrogens is 438 g/mol. The number of carbonyl (C=O) groups excluding carboxylic acids is 1. The maximum Gasteiger partial charge on any atom is 0.258 e. The molecule has 0 spiro atoms.